The minimum absolute atomic E-state index is 0.317. The Morgan fingerprint density at radius 1 is 1.42 bits per heavy atom. The van der Waals surface area contributed by atoms with Gasteiger partial charge < -0.3 is 10.1 Å². The van der Waals surface area contributed by atoms with Crippen molar-refractivity contribution in [1.82, 2.24) is 4.98 Å². The van der Waals surface area contributed by atoms with Crippen LogP contribution in [0, 0.1) is 6.92 Å². The molecule has 0 spiro atoms. The van der Waals surface area contributed by atoms with Crippen molar-refractivity contribution in [2.45, 2.75) is 25.9 Å². The van der Waals surface area contributed by atoms with Gasteiger partial charge in [-0.1, -0.05) is 17.7 Å². The maximum atomic E-state index is 6.02. The van der Waals surface area contributed by atoms with Crippen LogP contribution in [0.3, 0.4) is 0 Å². The Labute approximate surface area is 117 Å². The molecule has 3 rings (SSSR count). The van der Waals surface area contributed by atoms with E-state index in [1.54, 1.807) is 0 Å². The Morgan fingerprint density at radius 2 is 2.32 bits per heavy atom. The summed E-state index contributed by atoms with van der Waals surface area (Å²) in [5, 5.41) is 5.22. The van der Waals surface area contributed by atoms with Crippen LogP contribution in [-0.4, -0.2) is 24.2 Å². The van der Waals surface area contributed by atoms with Gasteiger partial charge in [0.1, 0.15) is 5.82 Å². The lowest BCUT2D eigenvalue weighted by molar-refractivity contribution is 0.120. The second-order valence-corrected chi connectivity index (χ2v) is 5.44. The van der Waals surface area contributed by atoms with Gasteiger partial charge in [0.05, 0.1) is 11.6 Å². The molecule has 2 heterocycles. The first-order chi connectivity index (χ1) is 9.22. The number of benzene rings is 1. The molecule has 1 saturated heterocycles. The Kier molecular flexibility index (Phi) is 3.58. The molecule has 0 aliphatic carbocycles. The molecule has 100 valence electrons. The van der Waals surface area contributed by atoms with Gasteiger partial charge in [0.15, 0.2) is 0 Å². The summed E-state index contributed by atoms with van der Waals surface area (Å²) in [6.07, 6.45) is 2.61. The lowest BCUT2D eigenvalue weighted by atomic mass is 10.1. The summed E-state index contributed by atoms with van der Waals surface area (Å²) >= 11 is 6.02. The molecule has 1 N–H and O–H groups in total. The van der Waals surface area contributed by atoms with E-state index in [1.807, 2.05) is 18.2 Å². The summed E-state index contributed by atoms with van der Waals surface area (Å²) in [5.41, 5.74) is 2.14. The smallest absolute Gasteiger partial charge is 0.127 e. The molecule has 1 aliphatic rings. The van der Waals surface area contributed by atoms with E-state index in [1.165, 1.54) is 5.56 Å². The van der Waals surface area contributed by atoms with Gasteiger partial charge >= 0.3 is 0 Å². The van der Waals surface area contributed by atoms with Gasteiger partial charge in [0, 0.05) is 23.6 Å². The fourth-order valence-electron chi connectivity index (χ4n) is 2.49. The van der Waals surface area contributed by atoms with Crippen molar-refractivity contribution >= 4 is 28.3 Å². The lowest BCUT2D eigenvalue weighted by Gasteiger charge is -2.13. The number of anilines is 1. The number of fused-ring (bicyclic) bond motifs is 1. The summed E-state index contributed by atoms with van der Waals surface area (Å²) < 4.78 is 5.60. The zero-order valence-electron chi connectivity index (χ0n) is 10.9. The van der Waals surface area contributed by atoms with Crippen LogP contribution in [0.1, 0.15) is 18.4 Å². The Balaban J connectivity index is 1.83. The van der Waals surface area contributed by atoms with Crippen molar-refractivity contribution in [2.75, 3.05) is 18.5 Å². The van der Waals surface area contributed by atoms with E-state index in [-0.39, 0.29) is 0 Å². The zero-order chi connectivity index (χ0) is 13.2. The van der Waals surface area contributed by atoms with Crippen LogP contribution < -0.4 is 5.32 Å². The number of rotatable bonds is 3. The Hall–Kier alpha value is -1.32. The molecule has 1 aromatic carbocycles. The summed E-state index contributed by atoms with van der Waals surface area (Å²) in [7, 11) is 0. The number of hydrogen-bond donors (Lipinski definition) is 1. The maximum absolute atomic E-state index is 6.02. The van der Waals surface area contributed by atoms with E-state index in [2.05, 4.69) is 23.3 Å². The van der Waals surface area contributed by atoms with Gasteiger partial charge in [-0.05, 0) is 43.5 Å². The molecule has 1 aliphatic heterocycles. The van der Waals surface area contributed by atoms with Gasteiger partial charge in [0.2, 0.25) is 0 Å². The number of hydrogen-bond acceptors (Lipinski definition) is 3. The van der Waals surface area contributed by atoms with Crippen LogP contribution in [-0.2, 0) is 4.74 Å². The third kappa shape index (κ3) is 2.82. The van der Waals surface area contributed by atoms with Crippen molar-refractivity contribution in [3.8, 4) is 0 Å². The van der Waals surface area contributed by atoms with Gasteiger partial charge in [-0.2, -0.15) is 0 Å². The third-order valence-corrected chi connectivity index (χ3v) is 3.75. The zero-order valence-corrected chi connectivity index (χ0v) is 11.7. The van der Waals surface area contributed by atoms with E-state index in [9.17, 15) is 0 Å². The first-order valence-corrected chi connectivity index (χ1v) is 7.02. The molecule has 1 atom stereocenters. The monoisotopic (exact) mass is 276 g/mol. The average molecular weight is 277 g/mol. The molecule has 4 heteroatoms. The van der Waals surface area contributed by atoms with E-state index < -0.39 is 0 Å². The predicted molar refractivity (Wildman–Crippen MR) is 79.0 cm³/mol. The molecule has 0 bridgehead atoms. The van der Waals surface area contributed by atoms with E-state index >= 15 is 0 Å². The average Bonchev–Trinajstić information content (AvgIpc) is 2.89. The molecule has 3 nitrogen and oxygen atoms in total. The largest absolute Gasteiger partial charge is 0.376 e. The van der Waals surface area contributed by atoms with Gasteiger partial charge in [-0.15, -0.1) is 0 Å². The van der Waals surface area contributed by atoms with Crippen LogP contribution in [0.4, 0.5) is 5.82 Å². The van der Waals surface area contributed by atoms with Crippen LogP contribution in [0.15, 0.2) is 24.3 Å². The minimum atomic E-state index is 0.317. The molecular weight excluding hydrogens is 260 g/mol. The molecule has 0 radical (unpaired) electrons. The number of pyridine rings is 1. The molecule has 1 fully saturated rings. The maximum Gasteiger partial charge on any atom is 0.127 e. The van der Waals surface area contributed by atoms with Crippen LogP contribution >= 0.6 is 11.6 Å². The van der Waals surface area contributed by atoms with E-state index in [4.69, 9.17) is 16.3 Å². The topological polar surface area (TPSA) is 34.1 Å². The molecule has 19 heavy (non-hydrogen) atoms. The molecule has 2 aromatic rings. The summed E-state index contributed by atoms with van der Waals surface area (Å²) in [6.45, 7) is 3.79. The van der Waals surface area contributed by atoms with Gasteiger partial charge in [-0.3, -0.25) is 0 Å². The Bertz CT molecular complexity index is 594. The van der Waals surface area contributed by atoms with E-state index in [0.717, 1.165) is 47.7 Å². The van der Waals surface area contributed by atoms with Crippen LogP contribution in [0.25, 0.3) is 10.9 Å². The Morgan fingerprint density at radius 3 is 3.11 bits per heavy atom. The summed E-state index contributed by atoms with van der Waals surface area (Å²) in [6, 6.07) is 7.90. The van der Waals surface area contributed by atoms with Crippen molar-refractivity contribution in [1.29, 1.82) is 0 Å². The predicted octanol–water partition coefficient (Wildman–Crippen LogP) is 3.79. The van der Waals surface area contributed by atoms with Gasteiger partial charge in [-0.25, -0.2) is 4.98 Å². The first kappa shape index (κ1) is 12.7. The highest BCUT2D eigenvalue weighted by molar-refractivity contribution is 6.31. The second-order valence-electron chi connectivity index (χ2n) is 5.00. The highest BCUT2D eigenvalue weighted by atomic mass is 35.5. The van der Waals surface area contributed by atoms with Crippen LogP contribution in [0.2, 0.25) is 5.02 Å². The van der Waals surface area contributed by atoms with Crippen molar-refractivity contribution < 1.29 is 4.74 Å². The number of ether oxygens (including phenoxy) is 1. The van der Waals surface area contributed by atoms with Crippen molar-refractivity contribution in [3.63, 3.8) is 0 Å². The standard InChI is InChI=1S/C15H17ClN2O/c1-10-7-15(17-9-12-3-2-6-19-12)18-14-8-11(16)4-5-13(10)14/h4-5,7-8,12H,2-3,6,9H2,1H3,(H,17,18)/t12-/m1/s1. The fraction of sp³-hybridized carbons (Fsp3) is 0.400. The van der Waals surface area contributed by atoms with Crippen molar-refractivity contribution in [3.05, 3.63) is 34.9 Å². The quantitative estimate of drug-likeness (QED) is 0.926. The highest BCUT2D eigenvalue weighted by Gasteiger charge is 2.15. The molecule has 1 aromatic heterocycles. The summed E-state index contributed by atoms with van der Waals surface area (Å²) in [4.78, 5) is 4.61. The molecule has 0 saturated carbocycles. The summed E-state index contributed by atoms with van der Waals surface area (Å²) in [5.74, 6) is 0.891. The normalized spacial score (nSPS) is 18.9. The number of aryl methyl sites for hydroxylation is 1. The number of aromatic nitrogens is 1. The van der Waals surface area contributed by atoms with Gasteiger partial charge in [0.25, 0.3) is 0 Å². The number of halogens is 1. The fourth-order valence-corrected chi connectivity index (χ4v) is 2.66. The molecular formula is C15H17ClN2O. The number of nitrogens with one attached hydrogen (secondary N) is 1. The molecule has 0 amide bonds. The molecule has 0 unspecified atom stereocenters. The number of nitrogens with zero attached hydrogens (tertiary/aromatic N) is 1. The third-order valence-electron chi connectivity index (χ3n) is 3.51. The lowest BCUT2D eigenvalue weighted by Crippen LogP contribution is -2.19. The highest BCUT2D eigenvalue weighted by Crippen LogP contribution is 2.23. The second kappa shape index (κ2) is 5.35. The SMILES string of the molecule is Cc1cc(NC[C@H]2CCCO2)nc2cc(Cl)ccc12. The van der Waals surface area contributed by atoms with Crippen molar-refractivity contribution in [2.24, 2.45) is 0 Å². The minimum Gasteiger partial charge on any atom is -0.376 e. The van der Waals surface area contributed by atoms with E-state index in [0.29, 0.717) is 6.10 Å². The van der Waals surface area contributed by atoms with Crippen LogP contribution in [0.5, 0.6) is 0 Å². The first-order valence-electron chi connectivity index (χ1n) is 6.65.